The summed E-state index contributed by atoms with van der Waals surface area (Å²) < 4.78 is 76.1. The summed E-state index contributed by atoms with van der Waals surface area (Å²) >= 11 is 6.46. The van der Waals surface area contributed by atoms with Crippen molar-refractivity contribution in [1.82, 2.24) is 25.2 Å². The highest BCUT2D eigenvalue weighted by Gasteiger charge is 2.38. The third kappa shape index (κ3) is 8.68. The first-order valence-electron chi connectivity index (χ1n) is 13.5. The number of nitrogens with one attached hydrogen (secondary N) is 1. The molecule has 0 saturated carbocycles. The Kier molecular flexibility index (Phi) is 10.7. The number of aromatic nitrogens is 3. The molecule has 5 rings (SSSR count). The SMILES string of the molecule is N[C@H]1CCN(c2ccc3c(C(=O)NCC(c4cnc(C(F)(F)F)nc4)N4CCOCC4)c(Cl)ccc3n2)C1.O=C(O)C(F)(F)F. The van der Waals surface area contributed by atoms with Gasteiger partial charge in [-0.15, -0.1) is 0 Å². The summed E-state index contributed by atoms with van der Waals surface area (Å²) in [6.07, 6.45) is -6.52. The van der Waals surface area contributed by atoms with Crippen molar-refractivity contribution in [3.8, 4) is 0 Å². The minimum atomic E-state index is -5.08. The summed E-state index contributed by atoms with van der Waals surface area (Å²) in [5, 5.41) is 10.9. The second-order valence-electron chi connectivity index (χ2n) is 10.2. The number of pyridine rings is 1. The van der Waals surface area contributed by atoms with Crippen LogP contribution in [0.5, 0.6) is 0 Å². The van der Waals surface area contributed by atoms with Gasteiger partial charge in [-0.2, -0.15) is 26.3 Å². The normalized spacial score (nSPS) is 18.3. The van der Waals surface area contributed by atoms with Crippen LogP contribution in [0.15, 0.2) is 36.7 Å². The fraction of sp³-hybridized carbons (Fsp3) is 0.444. The Balaban J connectivity index is 0.000000591. The van der Waals surface area contributed by atoms with Crippen LogP contribution in [0.3, 0.4) is 0 Å². The van der Waals surface area contributed by atoms with Crippen LogP contribution in [-0.2, 0) is 15.7 Å². The van der Waals surface area contributed by atoms with Gasteiger partial charge in [-0.3, -0.25) is 9.69 Å². The van der Waals surface area contributed by atoms with Crippen LogP contribution in [-0.4, -0.2) is 95.0 Å². The number of hydrogen-bond donors (Lipinski definition) is 3. The van der Waals surface area contributed by atoms with Crippen LogP contribution in [0, 0.1) is 0 Å². The van der Waals surface area contributed by atoms with Crippen LogP contribution < -0.4 is 16.0 Å². The summed E-state index contributed by atoms with van der Waals surface area (Å²) in [6.45, 7) is 3.67. The number of carbonyl (C=O) groups excluding carboxylic acids is 1. The predicted octanol–water partition coefficient (Wildman–Crippen LogP) is 3.67. The first-order chi connectivity index (χ1) is 21.1. The average molecular weight is 664 g/mol. The maximum Gasteiger partial charge on any atom is 0.490 e. The minimum Gasteiger partial charge on any atom is -0.475 e. The molecule has 2 fully saturated rings. The number of carboxylic acids is 1. The lowest BCUT2D eigenvalue weighted by Crippen LogP contribution is -2.44. The highest BCUT2D eigenvalue weighted by Crippen LogP contribution is 2.30. The topological polar surface area (TPSA) is 147 Å². The van der Waals surface area contributed by atoms with Crippen molar-refractivity contribution in [3.05, 3.63) is 58.6 Å². The van der Waals surface area contributed by atoms with Crippen molar-refractivity contribution in [2.24, 2.45) is 5.73 Å². The molecule has 1 amide bonds. The number of carboxylic acid groups (broad SMARTS) is 1. The van der Waals surface area contributed by atoms with Gasteiger partial charge < -0.3 is 25.8 Å². The molecule has 2 aromatic heterocycles. The number of carbonyl (C=O) groups is 2. The van der Waals surface area contributed by atoms with E-state index < -0.39 is 36.1 Å². The Morgan fingerprint density at radius 2 is 1.71 bits per heavy atom. The van der Waals surface area contributed by atoms with E-state index in [9.17, 15) is 31.1 Å². The first kappa shape index (κ1) is 34.1. The number of morpholine rings is 1. The first-order valence-corrected chi connectivity index (χ1v) is 13.9. The van der Waals surface area contributed by atoms with Crippen LogP contribution >= 0.6 is 11.6 Å². The Bertz CT molecular complexity index is 1500. The van der Waals surface area contributed by atoms with Gasteiger partial charge in [-0.25, -0.2) is 19.7 Å². The molecular formula is C27H28ClF6N7O4. The van der Waals surface area contributed by atoms with E-state index in [4.69, 9.17) is 37.0 Å². The molecule has 0 bridgehead atoms. The van der Waals surface area contributed by atoms with Gasteiger partial charge in [-0.1, -0.05) is 11.6 Å². The standard InChI is InChI=1S/C25H27ClF3N7O2.C2HF3O2/c26-18-2-3-19-17(1-4-21(34-19)36-6-5-16(30)14-36)22(18)23(37)31-13-20(35-7-9-38-10-8-35)15-11-32-24(33-12-15)25(27,28)29;3-2(4,5)1(6)7/h1-4,11-12,16,20H,5-10,13-14,30H2,(H,31,37);(H,6,7)/t16-,20?;/m0./s1. The Morgan fingerprint density at radius 3 is 2.27 bits per heavy atom. The molecule has 0 radical (unpaired) electrons. The van der Waals surface area contributed by atoms with E-state index in [2.05, 4.69) is 20.2 Å². The van der Waals surface area contributed by atoms with E-state index in [1.807, 2.05) is 17.0 Å². The van der Waals surface area contributed by atoms with Crippen LogP contribution in [0.2, 0.25) is 5.02 Å². The molecule has 244 valence electrons. The Labute approximate surface area is 257 Å². The summed E-state index contributed by atoms with van der Waals surface area (Å²) in [5.74, 6) is -3.60. The zero-order valence-corrected chi connectivity index (χ0v) is 24.2. The van der Waals surface area contributed by atoms with E-state index in [0.29, 0.717) is 42.8 Å². The fourth-order valence-electron chi connectivity index (χ4n) is 4.85. The minimum absolute atomic E-state index is 0.105. The Morgan fingerprint density at radius 1 is 1.07 bits per heavy atom. The lowest BCUT2D eigenvalue weighted by atomic mass is 10.1. The number of benzene rings is 1. The van der Waals surface area contributed by atoms with Gasteiger partial charge in [0, 0.05) is 62.1 Å². The highest BCUT2D eigenvalue weighted by molar-refractivity contribution is 6.35. The summed E-state index contributed by atoms with van der Waals surface area (Å²) in [6, 6.07) is 6.73. The molecule has 4 heterocycles. The molecule has 3 aromatic rings. The molecule has 2 aliphatic rings. The Hall–Kier alpha value is -3.80. The van der Waals surface area contributed by atoms with Crippen molar-refractivity contribution in [1.29, 1.82) is 0 Å². The zero-order valence-electron chi connectivity index (χ0n) is 23.4. The maximum atomic E-state index is 13.4. The van der Waals surface area contributed by atoms with Crippen molar-refractivity contribution in [2.45, 2.75) is 30.9 Å². The number of fused-ring (bicyclic) bond motifs is 1. The van der Waals surface area contributed by atoms with E-state index in [-0.39, 0.29) is 23.2 Å². The van der Waals surface area contributed by atoms with Crippen molar-refractivity contribution < 1.29 is 45.8 Å². The number of nitrogens with two attached hydrogens (primary N) is 1. The molecule has 2 aliphatic heterocycles. The molecule has 1 aromatic carbocycles. The number of aliphatic carboxylic acids is 1. The van der Waals surface area contributed by atoms with E-state index in [0.717, 1.165) is 37.7 Å². The molecule has 0 spiro atoms. The number of nitrogens with zero attached hydrogens (tertiary/aromatic N) is 5. The van der Waals surface area contributed by atoms with Crippen LogP contribution in [0.1, 0.15) is 34.2 Å². The fourth-order valence-corrected chi connectivity index (χ4v) is 5.10. The number of halogens is 7. The van der Waals surface area contributed by atoms with Gasteiger partial charge in [0.25, 0.3) is 5.91 Å². The maximum absolute atomic E-state index is 13.4. The van der Waals surface area contributed by atoms with Gasteiger partial charge in [0.15, 0.2) is 0 Å². The second kappa shape index (κ2) is 14.1. The summed E-state index contributed by atoms with van der Waals surface area (Å²) in [7, 11) is 0. The highest BCUT2D eigenvalue weighted by atomic mass is 35.5. The van der Waals surface area contributed by atoms with Gasteiger partial charge >= 0.3 is 18.3 Å². The van der Waals surface area contributed by atoms with Gasteiger partial charge in [-0.05, 0) is 30.7 Å². The third-order valence-electron chi connectivity index (χ3n) is 7.08. The molecule has 2 saturated heterocycles. The number of anilines is 1. The zero-order chi connectivity index (χ0) is 32.9. The predicted molar refractivity (Wildman–Crippen MR) is 150 cm³/mol. The number of amides is 1. The molecule has 0 aliphatic carbocycles. The lowest BCUT2D eigenvalue weighted by molar-refractivity contribution is -0.192. The van der Waals surface area contributed by atoms with E-state index in [1.165, 1.54) is 0 Å². The quantitative estimate of drug-likeness (QED) is 0.334. The lowest BCUT2D eigenvalue weighted by Gasteiger charge is -2.34. The van der Waals surface area contributed by atoms with Gasteiger partial charge in [0.1, 0.15) is 5.82 Å². The van der Waals surface area contributed by atoms with Crippen molar-refractivity contribution in [3.63, 3.8) is 0 Å². The molecule has 2 atom stereocenters. The van der Waals surface area contributed by atoms with Crippen LogP contribution in [0.25, 0.3) is 10.9 Å². The molecular weight excluding hydrogens is 636 g/mol. The van der Waals surface area contributed by atoms with E-state index >= 15 is 0 Å². The summed E-state index contributed by atoms with van der Waals surface area (Å²) in [4.78, 5) is 38.2. The molecule has 11 nitrogen and oxygen atoms in total. The number of ether oxygens (including phenoxy) is 1. The number of rotatable bonds is 6. The molecule has 45 heavy (non-hydrogen) atoms. The average Bonchev–Trinajstić information content (AvgIpc) is 3.43. The number of alkyl halides is 6. The van der Waals surface area contributed by atoms with Crippen molar-refractivity contribution in [2.75, 3.05) is 50.8 Å². The van der Waals surface area contributed by atoms with Gasteiger partial charge in [0.05, 0.1) is 35.4 Å². The molecule has 1 unspecified atom stereocenters. The number of hydrogen-bond acceptors (Lipinski definition) is 9. The smallest absolute Gasteiger partial charge is 0.475 e. The monoisotopic (exact) mass is 663 g/mol. The molecule has 18 heteroatoms. The second-order valence-corrected chi connectivity index (χ2v) is 10.6. The van der Waals surface area contributed by atoms with Crippen LogP contribution in [0.4, 0.5) is 32.2 Å². The van der Waals surface area contributed by atoms with Gasteiger partial charge in [0.2, 0.25) is 5.82 Å². The van der Waals surface area contributed by atoms with E-state index in [1.54, 1.807) is 12.1 Å². The molecule has 4 N–H and O–H groups in total. The summed E-state index contributed by atoms with van der Waals surface area (Å²) in [5.41, 5.74) is 7.40. The third-order valence-corrected chi connectivity index (χ3v) is 7.39. The van der Waals surface area contributed by atoms with Crippen molar-refractivity contribution >= 4 is 40.2 Å². The largest absolute Gasteiger partial charge is 0.490 e.